The number of aromatic nitrogens is 3. The second-order valence-corrected chi connectivity index (χ2v) is 4.02. The van der Waals surface area contributed by atoms with Gasteiger partial charge in [-0.15, -0.1) is 0 Å². The van der Waals surface area contributed by atoms with E-state index in [4.69, 9.17) is 0 Å². The molecule has 0 radical (unpaired) electrons. The number of rotatable bonds is 4. The molecule has 2 heterocycles. The zero-order valence-electron chi connectivity index (χ0n) is 10.1. The lowest BCUT2D eigenvalue weighted by Crippen LogP contribution is -2.02. The third-order valence-corrected chi connectivity index (χ3v) is 2.98. The van der Waals surface area contributed by atoms with Gasteiger partial charge in [0.15, 0.2) is 6.29 Å². The first-order valence-corrected chi connectivity index (χ1v) is 5.58. The number of carbonyl (C=O) groups is 1. The topological polar surface area (TPSA) is 47.8 Å². The van der Waals surface area contributed by atoms with E-state index in [-0.39, 0.29) is 0 Å². The smallest absolute Gasteiger partial charge is 0.170 e. The highest BCUT2D eigenvalue weighted by molar-refractivity contribution is 5.73. The van der Waals surface area contributed by atoms with E-state index in [9.17, 15) is 4.79 Å². The van der Waals surface area contributed by atoms with Crippen LogP contribution in [0.3, 0.4) is 0 Å². The maximum Gasteiger partial charge on any atom is 0.170 e. The number of hydrogen-bond donors (Lipinski definition) is 0. The Morgan fingerprint density at radius 3 is 2.65 bits per heavy atom. The molecule has 0 aliphatic rings. The van der Waals surface area contributed by atoms with Crippen molar-refractivity contribution in [1.29, 1.82) is 0 Å². The van der Waals surface area contributed by atoms with Crippen molar-refractivity contribution >= 4 is 6.29 Å². The van der Waals surface area contributed by atoms with Gasteiger partial charge < -0.3 is 4.57 Å². The molecule has 0 aliphatic heterocycles. The van der Waals surface area contributed by atoms with Crippen LogP contribution >= 0.6 is 0 Å². The summed E-state index contributed by atoms with van der Waals surface area (Å²) in [6.07, 6.45) is 6.10. The van der Waals surface area contributed by atoms with Gasteiger partial charge in [0.2, 0.25) is 0 Å². The molecular formula is C13H15N3O. The van der Waals surface area contributed by atoms with E-state index in [2.05, 4.69) is 9.97 Å². The molecule has 0 aromatic carbocycles. The molecule has 0 atom stereocenters. The van der Waals surface area contributed by atoms with Crippen molar-refractivity contribution in [2.24, 2.45) is 7.05 Å². The summed E-state index contributed by atoms with van der Waals surface area (Å²) < 4.78 is 1.98. The molecule has 0 spiro atoms. The Morgan fingerprint density at radius 1 is 1.29 bits per heavy atom. The number of nitrogens with zero attached hydrogens (tertiary/aromatic N) is 3. The number of hydrogen-bond acceptors (Lipinski definition) is 3. The van der Waals surface area contributed by atoms with Crippen LogP contribution in [0.5, 0.6) is 0 Å². The van der Waals surface area contributed by atoms with E-state index in [0.29, 0.717) is 5.69 Å². The molecule has 0 unspecified atom stereocenters. The molecule has 0 bridgehead atoms. The maximum atomic E-state index is 10.9. The van der Waals surface area contributed by atoms with Crippen LogP contribution in [-0.4, -0.2) is 20.8 Å². The summed E-state index contributed by atoms with van der Waals surface area (Å²) in [7, 11) is 1.94. The highest BCUT2D eigenvalue weighted by Gasteiger charge is 2.11. The first-order valence-electron chi connectivity index (χ1n) is 5.58. The van der Waals surface area contributed by atoms with Gasteiger partial charge in [0, 0.05) is 25.1 Å². The van der Waals surface area contributed by atoms with E-state index in [1.165, 1.54) is 5.56 Å². The van der Waals surface area contributed by atoms with Crippen LogP contribution in [0.4, 0.5) is 0 Å². The minimum Gasteiger partial charge on any atom is -0.335 e. The first-order chi connectivity index (χ1) is 8.22. The van der Waals surface area contributed by atoms with Gasteiger partial charge in [0.25, 0.3) is 0 Å². The lowest BCUT2D eigenvalue weighted by Gasteiger charge is -2.04. The fraction of sp³-hybridized carbons (Fsp3) is 0.308. The van der Waals surface area contributed by atoms with Crippen LogP contribution < -0.4 is 0 Å². The Balaban J connectivity index is 2.16. The molecule has 88 valence electrons. The summed E-state index contributed by atoms with van der Waals surface area (Å²) >= 11 is 0. The van der Waals surface area contributed by atoms with Gasteiger partial charge in [-0.05, 0) is 37.5 Å². The Kier molecular flexibility index (Phi) is 3.32. The molecule has 0 N–H and O–H groups in total. The predicted octanol–water partition coefficient (Wildman–Crippen LogP) is 1.72. The normalized spacial score (nSPS) is 10.5. The van der Waals surface area contributed by atoms with Gasteiger partial charge in [-0.2, -0.15) is 0 Å². The second-order valence-electron chi connectivity index (χ2n) is 4.02. The van der Waals surface area contributed by atoms with Crippen LogP contribution in [0.1, 0.15) is 27.6 Å². The van der Waals surface area contributed by atoms with Gasteiger partial charge >= 0.3 is 0 Å². The average Bonchev–Trinajstić information content (AvgIpc) is 2.64. The van der Waals surface area contributed by atoms with Gasteiger partial charge in [0.05, 0.1) is 0 Å². The zero-order valence-corrected chi connectivity index (χ0v) is 10.1. The molecule has 0 amide bonds. The molecule has 2 rings (SSSR count). The number of aryl methyl sites for hydroxylation is 2. The van der Waals surface area contributed by atoms with E-state index < -0.39 is 0 Å². The second kappa shape index (κ2) is 4.91. The van der Waals surface area contributed by atoms with Crippen LogP contribution in [0, 0.1) is 6.92 Å². The largest absolute Gasteiger partial charge is 0.335 e. The predicted molar refractivity (Wildman–Crippen MR) is 65.0 cm³/mol. The van der Waals surface area contributed by atoms with Crippen molar-refractivity contribution < 1.29 is 4.79 Å². The summed E-state index contributed by atoms with van der Waals surface area (Å²) in [6, 6.07) is 3.98. The van der Waals surface area contributed by atoms with Gasteiger partial charge in [-0.25, -0.2) is 4.98 Å². The summed E-state index contributed by atoms with van der Waals surface area (Å²) in [5, 5.41) is 0. The summed E-state index contributed by atoms with van der Waals surface area (Å²) in [5.74, 6) is 0.872. The zero-order chi connectivity index (χ0) is 12.3. The van der Waals surface area contributed by atoms with Crippen LogP contribution in [-0.2, 0) is 19.9 Å². The molecule has 2 aromatic heterocycles. The Morgan fingerprint density at radius 2 is 2.00 bits per heavy atom. The minimum absolute atomic E-state index is 0.555. The van der Waals surface area contributed by atoms with Crippen molar-refractivity contribution in [3.63, 3.8) is 0 Å². The molecular weight excluding hydrogens is 214 g/mol. The summed E-state index contributed by atoms with van der Waals surface area (Å²) in [4.78, 5) is 19.1. The van der Waals surface area contributed by atoms with E-state index in [0.717, 1.165) is 30.6 Å². The van der Waals surface area contributed by atoms with E-state index in [1.54, 1.807) is 12.4 Å². The third kappa shape index (κ3) is 2.41. The van der Waals surface area contributed by atoms with Gasteiger partial charge in [-0.1, -0.05) is 0 Å². The monoisotopic (exact) mass is 229 g/mol. The highest BCUT2D eigenvalue weighted by atomic mass is 16.1. The van der Waals surface area contributed by atoms with Crippen LogP contribution in [0.25, 0.3) is 0 Å². The number of imidazole rings is 1. The van der Waals surface area contributed by atoms with Crippen molar-refractivity contribution in [3.05, 3.63) is 47.3 Å². The van der Waals surface area contributed by atoms with Crippen molar-refractivity contribution in [2.45, 2.75) is 19.8 Å². The number of pyridine rings is 1. The van der Waals surface area contributed by atoms with E-state index >= 15 is 0 Å². The average molecular weight is 229 g/mol. The number of aldehydes is 1. The first kappa shape index (κ1) is 11.5. The lowest BCUT2D eigenvalue weighted by atomic mass is 10.1. The molecule has 17 heavy (non-hydrogen) atoms. The Hall–Kier alpha value is -1.97. The molecule has 4 nitrogen and oxygen atoms in total. The fourth-order valence-electron chi connectivity index (χ4n) is 1.88. The van der Waals surface area contributed by atoms with Crippen molar-refractivity contribution in [2.75, 3.05) is 0 Å². The third-order valence-electron chi connectivity index (χ3n) is 2.98. The maximum absolute atomic E-state index is 10.9. The Bertz CT molecular complexity index is 517. The van der Waals surface area contributed by atoms with Crippen LogP contribution in [0.15, 0.2) is 24.5 Å². The van der Waals surface area contributed by atoms with Gasteiger partial charge in [-0.3, -0.25) is 9.78 Å². The fourth-order valence-corrected chi connectivity index (χ4v) is 1.88. The van der Waals surface area contributed by atoms with Crippen molar-refractivity contribution in [1.82, 2.24) is 14.5 Å². The minimum atomic E-state index is 0.555. The summed E-state index contributed by atoms with van der Waals surface area (Å²) in [6.45, 7) is 1.91. The van der Waals surface area contributed by atoms with Gasteiger partial charge in [0.1, 0.15) is 11.5 Å². The van der Waals surface area contributed by atoms with Crippen molar-refractivity contribution in [3.8, 4) is 0 Å². The number of carbonyl (C=O) groups excluding carboxylic acids is 1. The standard InChI is InChI=1S/C13H15N3O/c1-10-15-12(9-17)13(16(10)2)4-3-11-5-7-14-8-6-11/h5-9H,3-4H2,1-2H3. The SMILES string of the molecule is Cc1nc(C=O)c(CCc2ccncc2)n1C. The molecule has 0 saturated carbocycles. The molecule has 0 fully saturated rings. The lowest BCUT2D eigenvalue weighted by molar-refractivity contribution is 0.111. The van der Waals surface area contributed by atoms with Crippen LogP contribution in [0.2, 0.25) is 0 Å². The Labute approximate surface area is 100 Å². The quantitative estimate of drug-likeness (QED) is 0.750. The van der Waals surface area contributed by atoms with E-state index in [1.807, 2.05) is 30.7 Å². The molecule has 0 aliphatic carbocycles. The highest BCUT2D eigenvalue weighted by Crippen LogP contribution is 2.11. The summed E-state index contributed by atoms with van der Waals surface area (Å²) in [5.41, 5.74) is 2.77. The molecule has 4 heteroatoms. The molecule has 0 saturated heterocycles. The molecule has 2 aromatic rings.